The van der Waals surface area contributed by atoms with Crippen LogP contribution < -0.4 is 0 Å². The van der Waals surface area contributed by atoms with Crippen LogP contribution in [0.15, 0.2) is 4.52 Å². The topological polar surface area (TPSA) is 92.9 Å². The highest BCUT2D eigenvalue weighted by molar-refractivity contribution is 5.85. The molecule has 1 saturated heterocycles. The molecule has 7 nitrogen and oxygen atoms in total. The van der Waals surface area contributed by atoms with Gasteiger partial charge in [-0.05, 0) is 20.3 Å². The Morgan fingerprint density at radius 3 is 2.76 bits per heavy atom. The van der Waals surface area contributed by atoms with Gasteiger partial charge in [-0.2, -0.15) is 0 Å². The fourth-order valence-corrected chi connectivity index (χ4v) is 2.54. The van der Waals surface area contributed by atoms with E-state index in [2.05, 4.69) is 5.16 Å². The molecule has 0 radical (unpaired) electrons. The first-order valence-electron chi connectivity index (χ1n) is 6.94. The average Bonchev–Trinajstić information content (AvgIpc) is 2.78. The van der Waals surface area contributed by atoms with Gasteiger partial charge in [0.05, 0.1) is 18.9 Å². The van der Waals surface area contributed by atoms with Crippen LogP contribution in [0.1, 0.15) is 23.9 Å². The first kappa shape index (κ1) is 15.5. The molecular weight excluding hydrogens is 276 g/mol. The molecule has 116 valence electrons. The van der Waals surface area contributed by atoms with Crippen molar-refractivity contribution in [3.8, 4) is 0 Å². The fraction of sp³-hybridized carbons (Fsp3) is 0.643. The van der Waals surface area contributed by atoms with Gasteiger partial charge in [-0.15, -0.1) is 0 Å². The zero-order valence-electron chi connectivity index (χ0n) is 12.5. The third-order valence-electron chi connectivity index (χ3n) is 3.81. The van der Waals surface area contributed by atoms with E-state index < -0.39 is 12.0 Å². The molecule has 1 aromatic rings. The number of aromatic nitrogens is 1. The number of aryl methyl sites for hydroxylation is 2. The second-order valence-corrected chi connectivity index (χ2v) is 5.37. The molecule has 1 aromatic heterocycles. The van der Waals surface area contributed by atoms with Crippen molar-refractivity contribution in [1.82, 2.24) is 10.1 Å². The van der Waals surface area contributed by atoms with Gasteiger partial charge in [-0.25, -0.2) is 4.79 Å². The van der Waals surface area contributed by atoms with E-state index in [0.717, 1.165) is 11.3 Å². The Hall–Kier alpha value is -1.89. The molecule has 0 aliphatic carbocycles. The quantitative estimate of drug-likeness (QED) is 0.882. The zero-order valence-corrected chi connectivity index (χ0v) is 12.5. The summed E-state index contributed by atoms with van der Waals surface area (Å²) in [6.07, 6.45) is 0.490. The number of carbonyl (C=O) groups is 2. The number of ether oxygens (including phenoxy) is 1. The van der Waals surface area contributed by atoms with Crippen molar-refractivity contribution in [2.75, 3.05) is 19.8 Å². The highest BCUT2D eigenvalue weighted by Crippen LogP contribution is 2.20. The summed E-state index contributed by atoms with van der Waals surface area (Å²) in [6.45, 7) is 6.15. The van der Waals surface area contributed by atoms with Crippen LogP contribution in [0.5, 0.6) is 0 Å². The predicted molar refractivity (Wildman–Crippen MR) is 72.8 cm³/mol. The molecule has 7 heteroatoms. The molecule has 1 amide bonds. The number of morpholine rings is 1. The first-order valence-corrected chi connectivity index (χ1v) is 6.94. The van der Waals surface area contributed by atoms with Gasteiger partial charge in [-0.1, -0.05) is 12.1 Å². The van der Waals surface area contributed by atoms with Gasteiger partial charge >= 0.3 is 5.97 Å². The number of hydrogen-bond donors (Lipinski definition) is 1. The number of aliphatic carboxylic acids is 1. The Bertz CT molecular complexity index is 520. The van der Waals surface area contributed by atoms with E-state index in [-0.39, 0.29) is 18.4 Å². The van der Waals surface area contributed by atoms with Gasteiger partial charge in [0.15, 0.2) is 6.04 Å². The smallest absolute Gasteiger partial charge is 0.328 e. The monoisotopic (exact) mass is 296 g/mol. The number of nitrogens with zero attached hydrogens (tertiary/aromatic N) is 2. The van der Waals surface area contributed by atoms with E-state index in [0.29, 0.717) is 25.3 Å². The lowest BCUT2D eigenvalue weighted by Crippen LogP contribution is -2.54. The van der Waals surface area contributed by atoms with E-state index in [1.165, 1.54) is 4.90 Å². The third kappa shape index (κ3) is 3.24. The van der Waals surface area contributed by atoms with Crippen LogP contribution in [0.3, 0.4) is 0 Å². The molecule has 2 rings (SSSR count). The molecule has 1 N–H and O–H groups in total. The highest BCUT2D eigenvalue weighted by atomic mass is 16.5. The predicted octanol–water partition coefficient (Wildman–Crippen LogP) is 0.782. The molecule has 0 unspecified atom stereocenters. The molecule has 2 heterocycles. The van der Waals surface area contributed by atoms with Crippen molar-refractivity contribution < 1.29 is 24.0 Å². The van der Waals surface area contributed by atoms with Crippen LogP contribution >= 0.6 is 0 Å². The SMILES string of the molecule is Cc1noc(C)c1C[C@@H](C)C(=O)N1CCOC[C@@H]1C(=O)O. The highest BCUT2D eigenvalue weighted by Gasteiger charge is 2.35. The van der Waals surface area contributed by atoms with Crippen LogP contribution in [0.2, 0.25) is 0 Å². The number of carboxylic acids is 1. The lowest BCUT2D eigenvalue weighted by molar-refractivity contribution is -0.160. The van der Waals surface area contributed by atoms with E-state index in [9.17, 15) is 14.7 Å². The molecule has 0 spiro atoms. The lowest BCUT2D eigenvalue weighted by Gasteiger charge is -2.34. The summed E-state index contributed by atoms with van der Waals surface area (Å²) >= 11 is 0. The summed E-state index contributed by atoms with van der Waals surface area (Å²) < 4.78 is 10.2. The van der Waals surface area contributed by atoms with Gasteiger partial charge in [0.1, 0.15) is 5.76 Å². The van der Waals surface area contributed by atoms with Crippen molar-refractivity contribution in [3.05, 3.63) is 17.0 Å². The normalized spacial score (nSPS) is 20.3. The van der Waals surface area contributed by atoms with Gasteiger partial charge in [0.2, 0.25) is 5.91 Å². The minimum atomic E-state index is -1.03. The Kier molecular flexibility index (Phi) is 4.62. The van der Waals surface area contributed by atoms with Gasteiger partial charge in [0, 0.05) is 18.0 Å². The minimum absolute atomic E-state index is 0.0408. The van der Waals surface area contributed by atoms with Gasteiger partial charge < -0.3 is 19.3 Å². The molecular formula is C14H20N2O5. The summed E-state index contributed by atoms with van der Waals surface area (Å²) in [5.74, 6) is -0.844. The summed E-state index contributed by atoms with van der Waals surface area (Å²) in [5, 5.41) is 13.1. The first-order chi connectivity index (χ1) is 9.91. The lowest BCUT2D eigenvalue weighted by atomic mass is 9.97. The van der Waals surface area contributed by atoms with Crippen molar-refractivity contribution >= 4 is 11.9 Å². The number of hydrogen-bond acceptors (Lipinski definition) is 5. The van der Waals surface area contributed by atoms with E-state index >= 15 is 0 Å². The second-order valence-electron chi connectivity index (χ2n) is 5.37. The molecule has 0 bridgehead atoms. The largest absolute Gasteiger partial charge is 0.480 e. The summed E-state index contributed by atoms with van der Waals surface area (Å²) in [4.78, 5) is 25.1. The number of amides is 1. The Balaban J connectivity index is 2.09. The molecule has 0 aromatic carbocycles. The molecule has 21 heavy (non-hydrogen) atoms. The van der Waals surface area contributed by atoms with Crippen molar-refractivity contribution in [2.45, 2.75) is 33.2 Å². The standard InChI is InChI=1S/C14H20N2O5/c1-8(6-11-9(2)15-21-10(11)3)13(17)16-4-5-20-7-12(16)14(18)19/h8,12H,4-7H2,1-3H3,(H,18,19)/t8-,12-/m1/s1. The Morgan fingerprint density at radius 1 is 1.48 bits per heavy atom. The maximum Gasteiger partial charge on any atom is 0.328 e. The minimum Gasteiger partial charge on any atom is -0.480 e. The molecule has 1 aliphatic heterocycles. The van der Waals surface area contributed by atoms with Crippen LogP contribution in [0.4, 0.5) is 0 Å². The third-order valence-corrected chi connectivity index (χ3v) is 3.81. The van der Waals surface area contributed by atoms with Crippen LogP contribution in [-0.4, -0.2) is 52.8 Å². The fourth-order valence-electron chi connectivity index (χ4n) is 2.54. The second kappa shape index (κ2) is 6.26. The summed E-state index contributed by atoms with van der Waals surface area (Å²) in [5.41, 5.74) is 1.68. The number of carbonyl (C=O) groups excluding carboxylic acids is 1. The average molecular weight is 296 g/mol. The molecule has 0 saturated carbocycles. The van der Waals surface area contributed by atoms with Crippen LogP contribution in [-0.2, 0) is 20.7 Å². The maximum atomic E-state index is 12.5. The molecule has 1 fully saturated rings. The van der Waals surface area contributed by atoms with E-state index in [1.807, 2.05) is 6.92 Å². The summed E-state index contributed by atoms with van der Waals surface area (Å²) in [7, 11) is 0. The Morgan fingerprint density at radius 2 is 2.19 bits per heavy atom. The molecule has 1 aliphatic rings. The van der Waals surface area contributed by atoms with Gasteiger partial charge in [0.25, 0.3) is 0 Å². The van der Waals surface area contributed by atoms with Crippen molar-refractivity contribution in [1.29, 1.82) is 0 Å². The van der Waals surface area contributed by atoms with Crippen molar-refractivity contribution in [2.24, 2.45) is 5.92 Å². The number of rotatable bonds is 4. The molecule has 2 atom stereocenters. The Labute approximate surface area is 122 Å². The maximum absolute atomic E-state index is 12.5. The zero-order chi connectivity index (χ0) is 15.6. The van der Waals surface area contributed by atoms with Gasteiger partial charge in [-0.3, -0.25) is 4.79 Å². The van der Waals surface area contributed by atoms with E-state index in [4.69, 9.17) is 9.26 Å². The van der Waals surface area contributed by atoms with Crippen LogP contribution in [0.25, 0.3) is 0 Å². The number of carboxylic acid groups (broad SMARTS) is 1. The van der Waals surface area contributed by atoms with Crippen LogP contribution in [0, 0.1) is 19.8 Å². The van der Waals surface area contributed by atoms with Crippen molar-refractivity contribution in [3.63, 3.8) is 0 Å². The summed E-state index contributed by atoms with van der Waals surface area (Å²) in [6, 6.07) is -0.904. The van der Waals surface area contributed by atoms with E-state index in [1.54, 1.807) is 13.8 Å².